The molecule has 0 spiro atoms. The van der Waals surface area contributed by atoms with E-state index in [9.17, 15) is 0 Å². The lowest BCUT2D eigenvalue weighted by Gasteiger charge is -2.12. The highest BCUT2D eigenvalue weighted by Crippen LogP contribution is 2.33. The highest BCUT2D eigenvalue weighted by molar-refractivity contribution is 5.63. The molecule has 0 saturated carbocycles. The minimum absolute atomic E-state index is 0.243. The van der Waals surface area contributed by atoms with Crippen LogP contribution in [0.2, 0.25) is 0 Å². The van der Waals surface area contributed by atoms with Gasteiger partial charge in [-0.05, 0) is 19.1 Å². The minimum Gasteiger partial charge on any atom is -0.490 e. The van der Waals surface area contributed by atoms with Gasteiger partial charge in [0.05, 0.1) is 13.2 Å². The van der Waals surface area contributed by atoms with E-state index in [2.05, 4.69) is 15.3 Å². The van der Waals surface area contributed by atoms with E-state index >= 15 is 0 Å². The Morgan fingerprint density at radius 3 is 2.85 bits per heavy atom. The molecule has 1 aromatic heterocycles. The number of aryl methyl sites for hydroxylation is 1. The molecule has 1 aromatic carbocycles. The van der Waals surface area contributed by atoms with Crippen LogP contribution < -0.4 is 20.5 Å². The van der Waals surface area contributed by atoms with Gasteiger partial charge < -0.3 is 20.5 Å². The van der Waals surface area contributed by atoms with Gasteiger partial charge in [-0.3, -0.25) is 0 Å². The monoisotopic (exact) mass is 272 g/mol. The van der Waals surface area contributed by atoms with Crippen molar-refractivity contribution in [1.82, 2.24) is 9.97 Å². The van der Waals surface area contributed by atoms with E-state index in [-0.39, 0.29) is 5.95 Å². The Hall–Kier alpha value is -2.50. The number of nitrogen functional groups attached to an aromatic ring is 1. The van der Waals surface area contributed by atoms with Crippen LogP contribution in [0.25, 0.3) is 0 Å². The van der Waals surface area contributed by atoms with Crippen LogP contribution in [-0.2, 0) is 0 Å². The molecule has 3 N–H and O–H groups in total. The number of nitrogens with two attached hydrogens (primary N) is 1. The molecule has 1 aliphatic heterocycles. The summed E-state index contributed by atoms with van der Waals surface area (Å²) in [5, 5.41) is 3.22. The Morgan fingerprint density at radius 1 is 1.20 bits per heavy atom. The second kappa shape index (κ2) is 5.24. The SMILES string of the molecule is Cc1cnc(N)nc1Nc1ccc2c(c1)OCCCO2. The van der Waals surface area contributed by atoms with Crippen LogP contribution in [0.5, 0.6) is 11.5 Å². The zero-order valence-corrected chi connectivity index (χ0v) is 11.2. The van der Waals surface area contributed by atoms with E-state index in [1.165, 1.54) is 0 Å². The maximum atomic E-state index is 5.66. The summed E-state index contributed by atoms with van der Waals surface area (Å²) in [5.41, 5.74) is 7.40. The molecular formula is C14H16N4O2. The number of hydrogen-bond donors (Lipinski definition) is 2. The summed E-state index contributed by atoms with van der Waals surface area (Å²) in [5.74, 6) is 2.44. The zero-order valence-electron chi connectivity index (χ0n) is 11.2. The molecule has 0 bridgehead atoms. The van der Waals surface area contributed by atoms with Crippen molar-refractivity contribution in [3.63, 3.8) is 0 Å². The fourth-order valence-corrected chi connectivity index (χ4v) is 1.96. The van der Waals surface area contributed by atoms with Crippen LogP contribution in [0.15, 0.2) is 24.4 Å². The number of ether oxygens (including phenoxy) is 2. The molecule has 20 heavy (non-hydrogen) atoms. The van der Waals surface area contributed by atoms with Crippen molar-refractivity contribution < 1.29 is 9.47 Å². The lowest BCUT2D eigenvalue weighted by molar-refractivity contribution is 0.297. The molecule has 6 heteroatoms. The third kappa shape index (κ3) is 2.59. The van der Waals surface area contributed by atoms with Crippen molar-refractivity contribution in [3.05, 3.63) is 30.0 Å². The van der Waals surface area contributed by atoms with Crippen LogP contribution in [0, 0.1) is 6.92 Å². The Morgan fingerprint density at radius 2 is 2.00 bits per heavy atom. The molecule has 3 rings (SSSR count). The van der Waals surface area contributed by atoms with Crippen LogP contribution >= 0.6 is 0 Å². The molecule has 0 amide bonds. The summed E-state index contributed by atoms with van der Waals surface area (Å²) >= 11 is 0. The second-order valence-electron chi connectivity index (χ2n) is 4.60. The van der Waals surface area contributed by atoms with E-state index in [0.717, 1.165) is 29.2 Å². The summed E-state index contributed by atoms with van der Waals surface area (Å²) < 4.78 is 11.3. The molecular weight excluding hydrogens is 256 g/mol. The van der Waals surface area contributed by atoms with Crippen LogP contribution in [0.1, 0.15) is 12.0 Å². The van der Waals surface area contributed by atoms with E-state index in [0.29, 0.717) is 19.0 Å². The van der Waals surface area contributed by atoms with Gasteiger partial charge >= 0.3 is 0 Å². The number of nitrogens with one attached hydrogen (secondary N) is 1. The van der Waals surface area contributed by atoms with Gasteiger partial charge in [-0.2, -0.15) is 4.98 Å². The molecule has 2 heterocycles. The van der Waals surface area contributed by atoms with Gasteiger partial charge in [0.25, 0.3) is 0 Å². The number of benzene rings is 1. The molecule has 0 saturated heterocycles. The number of hydrogen-bond acceptors (Lipinski definition) is 6. The van der Waals surface area contributed by atoms with Gasteiger partial charge in [-0.25, -0.2) is 4.98 Å². The largest absolute Gasteiger partial charge is 0.490 e. The number of rotatable bonds is 2. The Bertz CT molecular complexity index is 631. The summed E-state index contributed by atoms with van der Waals surface area (Å²) in [6.45, 7) is 3.27. The van der Waals surface area contributed by atoms with Gasteiger partial charge in [0.2, 0.25) is 5.95 Å². The molecule has 0 unspecified atom stereocenters. The topological polar surface area (TPSA) is 82.3 Å². The third-order valence-electron chi connectivity index (χ3n) is 3.00. The molecule has 6 nitrogen and oxygen atoms in total. The second-order valence-corrected chi connectivity index (χ2v) is 4.60. The van der Waals surface area contributed by atoms with Gasteiger partial charge in [0.1, 0.15) is 5.82 Å². The quantitative estimate of drug-likeness (QED) is 0.872. The van der Waals surface area contributed by atoms with Gasteiger partial charge in [-0.15, -0.1) is 0 Å². The first kappa shape index (κ1) is 12.5. The van der Waals surface area contributed by atoms with E-state index in [4.69, 9.17) is 15.2 Å². The first-order chi connectivity index (χ1) is 9.72. The lowest BCUT2D eigenvalue weighted by Crippen LogP contribution is -2.02. The average molecular weight is 272 g/mol. The minimum atomic E-state index is 0.243. The van der Waals surface area contributed by atoms with Gasteiger partial charge in [-0.1, -0.05) is 0 Å². The molecule has 0 fully saturated rings. The fraction of sp³-hybridized carbons (Fsp3) is 0.286. The standard InChI is InChI=1S/C14H16N4O2/c1-9-8-16-14(15)18-13(9)17-10-3-4-11-12(7-10)20-6-2-5-19-11/h3-4,7-8H,2,5-6H2,1H3,(H3,15,16,17,18). The molecule has 0 aliphatic carbocycles. The fourth-order valence-electron chi connectivity index (χ4n) is 1.96. The van der Waals surface area contributed by atoms with Crippen molar-refractivity contribution in [2.75, 3.05) is 24.3 Å². The van der Waals surface area contributed by atoms with E-state index in [1.54, 1.807) is 6.20 Å². The Labute approximate surface area is 116 Å². The van der Waals surface area contributed by atoms with Crippen LogP contribution in [0.4, 0.5) is 17.5 Å². The third-order valence-corrected chi connectivity index (χ3v) is 3.00. The normalized spacial score (nSPS) is 13.7. The van der Waals surface area contributed by atoms with Crippen molar-refractivity contribution >= 4 is 17.5 Å². The van der Waals surface area contributed by atoms with E-state index < -0.39 is 0 Å². The first-order valence-electron chi connectivity index (χ1n) is 6.48. The Balaban J connectivity index is 1.87. The first-order valence-corrected chi connectivity index (χ1v) is 6.48. The van der Waals surface area contributed by atoms with Crippen molar-refractivity contribution in [2.45, 2.75) is 13.3 Å². The van der Waals surface area contributed by atoms with Gasteiger partial charge in [0.15, 0.2) is 11.5 Å². The highest BCUT2D eigenvalue weighted by Gasteiger charge is 2.11. The molecule has 104 valence electrons. The number of aromatic nitrogens is 2. The number of nitrogens with zero attached hydrogens (tertiary/aromatic N) is 2. The molecule has 2 aromatic rings. The van der Waals surface area contributed by atoms with Crippen molar-refractivity contribution in [3.8, 4) is 11.5 Å². The van der Waals surface area contributed by atoms with Crippen LogP contribution in [0.3, 0.4) is 0 Å². The van der Waals surface area contributed by atoms with E-state index in [1.807, 2.05) is 25.1 Å². The summed E-state index contributed by atoms with van der Waals surface area (Å²) in [4.78, 5) is 8.13. The summed E-state index contributed by atoms with van der Waals surface area (Å²) in [6, 6.07) is 5.71. The summed E-state index contributed by atoms with van der Waals surface area (Å²) in [6.07, 6.45) is 2.58. The molecule has 0 atom stereocenters. The molecule has 1 aliphatic rings. The predicted octanol–water partition coefficient (Wildman–Crippen LogP) is 2.27. The van der Waals surface area contributed by atoms with Crippen molar-refractivity contribution in [2.24, 2.45) is 0 Å². The zero-order chi connectivity index (χ0) is 13.9. The van der Waals surface area contributed by atoms with Crippen molar-refractivity contribution in [1.29, 1.82) is 0 Å². The number of anilines is 3. The Kier molecular flexibility index (Phi) is 3.28. The smallest absolute Gasteiger partial charge is 0.221 e. The maximum Gasteiger partial charge on any atom is 0.221 e. The predicted molar refractivity (Wildman–Crippen MR) is 76.5 cm³/mol. The lowest BCUT2D eigenvalue weighted by atomic mass is 10.2. The molecule has 0 radical (unpaired) electrons. The maximum absolute atomic E-state index is 5.66. The highest BCUT2D eigenvalue weighted by atomic mass is 16.5. The summed E-state index contributed by atoms with van der Waals surface area (Å²) in [7, 11) is 0. The van der Waals surface area contributed by atoms with Crippen LogP contribution in [-0.4, -0.2) is 23.2 Å². The average Bonchev–Trinajstić information content (AvgIpc) is 2.67. The van der Waals surface area contributed by atoms with Gasteiger partial charge in [0, 0.05) is 29.9 Å². The number of fused-ring (bicyclic) bond motifs is 1.